The molecular weight excluding hydrogens is 1220 g/mol. The Hall–Kier alpha value is -10.4. The van der Waals surface area contributed by atoms with Gasteiger partial charge in [0.25, 0.3) is 0 Å². The monoisotopic (exact) mass is 1290 g/mol. The Labute approximate surface area is 557 Å². The van der Waals surface area contributed by atoms with Crippen LogP contribution in [0, 0.1) is 45.3 Å². The summed E-state index contributed by atoms with van der Waals surface area (Å²) in [6.07, 6.45) is 29.6. The predicted molar refractivity (Wildman–Crippen MR) is 369 cm³/mol. The number of benzene rings is 4. The molecule has 5 fully saturated rings. The molecule has 0 aliphatic carbocycles. The number of nitriles is 4. The molecule has 4 N–H and O–H groups in total. The lowest BCUT2D eigenvalue weighted by atomic mass is 10.0. The van der Waals surface area contributed by atoms with Crippen molar-refractivity contribution < 1.29 is 56.8 Å². The molecule has 20 nitrogen and oxygen atoms in total. The van der Waals surface area contributed by atoms with Gasteiger partial charge in [-0.25, -0.2) is 0 Å². The Morgan fingerprint density at radius 2 is 0.469 bits per heavy atom. The van der Waals surface area contributed by atoms with E-state index in [1.54, 1.807) is 24.3 Å². The standard InChI is InChI=1S/2C28H18N4O.5C4H8O2/c2*29-17-24(18-30)23-15-25(5-1-19-3-7-27-21(13-19)9-11-31-27)33-26(16-23)6-2-20-4-8-28-22(14-20)10-12-32-28;5*1-2-6-4-3-5-1/h2*1-16,31-32H;5*1-4H2/b2*5-1+,6-2+;;;;;. The van der Waals surface area contributed by atoms with Gasteiger partial charge in [0, 0.05) is 58.0 Å². The van der Waals surface area contributed by atoms with Crippen LogP contribution in [-0.4, -0.2) is 152 Å². The molecule has 0 bridgehead atoms. The first-order valence-electron chi connectivity index (χ1n) is 31.5. The van der Waals surface area contributed by atoms with Crippen LogP contribution in [0.15, 0.2) is 216 Å². The van der Waals surface area contributed by atoms with E-state index < -0.39 is 0 Å². The second-order valence-corrected chi connectivity index (χ2v) is 21.3. The van der Waals surface area contributed by atoms with Crippen LogP contribution in [0.1, 0.15) is 22.3 Å². The van der Waals surface area contributed by atoms with Gasteiger partial charge in [-0.1, -0.05) is 48.6 Å². The van der Waals surface area contributed by atoms with E-state index in [4.69, 9.17) is 56.8 Å². The summed E-state index contributed by atoms with van der Waals surface area (Å²) in [5.74, 6) is 2.19. The summed E-state index contributed by atoms with van der Waals surface area (Å²) >= 11 is 0. The SMILES string of the molecule is C1COCCO1.C1COCCO1.C1COCCO1.C1COCCO1.C1COCCO1.N#CC(C#N)=C1C=C(/C=C/c2ccc3[nH]ccc3c2)OC(/C=C/c2ccc3[nH]ccc3c2)=C1.N#CC(C#N)=C1C=C(/C=C/c2ccc3[nH]ccc3c2)OC(/C=C/c2ccc3[nH]ccc3c2)=C1. The molecule has 4 aromatic heterocycles. The number of fused-ring (bicyclic) bond motifs is 4. The van der Waals surface area contributed by atoms with Crippen molar-refractivity contribution in [2.75, 3.05) is 132 Å². The third kappa shape index (κ3) is 23.6. The van der Waals surface area contributed by atoms with Crippen LogP contribution in [0.25, 0.3) is 67.9 Å². The summed E-state index contributed by atoms with van der Waals surface area (Å²) < 4.78 is 61.5. The first-order chi connectivity index (χ1) is 47.4. The average Bonchev–Trinajstić information content (AvgIpc) is 1.74. The summed E-state index contributed by atoms with van der Waals surface area (Å²) in [5.41, 5.74) is 9.49. The molecule has 15 rings (SSSR count). The highest BCUT2D eigenvalue weighted by molar-refractivity contribution is 5.85. The van der Waals surface area contributed by atoms with Crippen LogP contribution < -0.4 is 0 Å². The smallest absolute Gasteiger partial charge is 0.137 e. The fraction of sp³-hybridized carbons (Fsp3) is 0.263. The van der Waals surface area contributed by atoms with E-state index in [1.165, 1.54) is 0 Å². The van der Waals surface area contributed by atoms with Crippen LogP contribution in [-0.2, 0) is 56.8 Å². The highest BCUT2D eigenvalue weighted by Crippen LogP contribution is 2.28. The van der Waals surface area contributed by atoms with Gasteiger partial charge in [-0.2, -0.15) is 21.0 Å². The van der Waals surface area contributed by atoms with Crippen molar-refractivity contribution in [2.45, 2.75) is 0 Å². The molecular formula is C76H76N8O12. The normalized spacial score (nSPS) is 16.9. The Bertz CT molecular complexity index is 3680. The second kappa shape index (κ2) is 40.0. The predicted octanol–water partition coefficient (Wildman–Crippen LogP) is 13.2. The quantitative estimate of drug-likeness (QED) is 0.103. The Balaban J connectivity index is 0.000000157. The van der Waals surface area contributed by atoms with Gasteiger partial charge in [-0.15, -0.1) is 0 Å². The Morgan fingerprint density at radius 1 is 0.271 bits per heavy atom. The van der Waals surface area contributed by atoms with Crippen molar-refractivity contribution in [2.24, 2.45) is 0 Å². The van der Waals surface area contributed by atoms with Crippen LogP contribution >= 0.6 is 0 Å². The largest absolute Gasteiger partial charge is 0.457 e. The van der Waals surface area contributed by atoms with Crippen molar-refractivity contribution >= 4 is 67.9 Å². The average molecular weight is 1290 g/mol. The topological polar surface area (TPSA) is 269 Å². The number of allylic oxidation sites excluding steroid dienone is 12. The summed E-state index contributed by atoms with van der Waals surface area (Å²) in [5, 5.41) is 41.9. The summed E-state index contributed by atoms with van der Waals surface area (Å²) in [6, 6.07) is 40.4. The van der Waals surface area contributed by atoms with E-state index in [0.717, 1.165) is 198 Å². The molecule has 20 heteroatoms. The van der Waals surface area contributed by atoms with Crippen LogP contribution in [0.4, 0.5) is 0 Å². The van der Waals surface area contributed by atoms with E-state index in [0.29, 0.717) is 34.2 Å². The van der Waals surface area contributed by atoms with E-state index in [-0.39, 0.29) is 11.1 Å². The zero-order valence-corrected chi connectivity index (χ0v) is 53.3. The summed E-state index contributed by atoms with van der Waals surface area (Å²) in [4.78, 5) is 12.7. The number of nitrogens with one attached hydrogen (secondary N) is 4. The van der Waals surface area contributed by atoms with Gasteiger partial charge in [0.05, 0.1) is 132 Å². The maximum atomic E-state index is 9.36. The molecule has 0 radical (unpaired) electrons. The van der Waals surface area contributed by atoms with Crippen molar-refractivity contribution in [1.29, 1.82) is 21.0 Å². The number of rotatable bonds is 8. The molecule has 11 heterocycles. The summed E-state index contributed by atoms with van der Waals surface area (Å²) in [7, 11) is 0. The Morgan fingerprint density at radius 3 is 0.646 bits per heavy atom. The van der Waals surface area contributed by atoms with Crippen molar-refractivity contribution in [3.8, 4) is 24.3 Å². The van der Waals surface area contributed by atoms with Gasteiger partial charge in [0.15, 0.2) is 0 Å². The van der Waals surface area contributed by atoms with Crippen molar-refractivity contribution in [3.63, 3.8) is 0 Å². The van der Waals surface area contributed by atoms with E-state index in [1.807, 2.05) is 170 Å². The number of hydrogen-bond donors (Lipinski definition) is 4. The minimum absolute atomic E-state index is 0.0394. The summed E-state index contributed by atoms with van der Waals surface area (Å²) in [6.45, 7) is 15.6. The highest BCUT2D eigenvalue weighted by Gasteiger charge is 2.14. The molecule has 0 unspecified atom stereocenters. The number of H-pyrrole nitrogens is 4. The van der Waals surface area contributed by atoms with E-state index in [9.17, 15) is 21.0 Å². The molecule has 0 saturated carbocycles. The maximum Gasteiger partial charge on any atom is 0.137 e. The fourth-order valence-electron chi connectivity index (χ4n) is 9.63. The number of aromatic nitrogens is 4. The minimum Gasteiger partial charge on any atom is -0.457 e. The first-order valence-corrected chi connectivity index (χ1v) is 31.5. The molecule has 0 spiro atoms. The molecule has 5 saturated heterocycles. The molecule has 4 aromatic carbocycles. The third-order valence-corrected chi connectivity index (χ3v) is 14.5. The number of nitrogens with zero attached hydrogens (tertiary/aromatic N) is 4. The lowest BCUT2D eigenvalue weighted by Crippen LogP contribution is -2.16. The zero-order chi connectivity index (χ0) is 66.5. The zero-order valence-electron chi connectivity index (χ0n) is 53.3. The van der Waals surface area contributed by atoms with Crippen LogP contribution in [0.5, 0.6) is 0 Å². The molecule has 0 amide bonds. The highest BCUT2D eigenvalue weighted by atomic mass is 16.6. The van der Waals surface area contributed by atoms with Gasteiger partial charge in [-0.05, 0) is 165 Å². The van der Waals surface area contributed by atoms with Crippen molar-refractivity contribution in [1.82, 2.24) is 19.9 Å². The van der Waals surface area contributed by atoms with Gasteiger partial charge in [0.1, 0.15) is 58.5 Å². The first kappa shape index (κ1) is 69.9. The second-order valence-electron chi connectivity index (χ2n) is 21.3. The van der Waals surface area contributed by atoms with Gasteiger partial charge >= 0.3 is 0 Å². The van der Waals surface area contributed by atoms with Crippen LogP contribution in [0.2, 0.25) is 0 Å². The molecule has 8 aromatic rings. The molecule has 96 heavy (non-hydrogen) atoms. The number of hydrogen-bond acceptors (Lipinski definition) is 16. The molecule has 7 aliphatic heterocycles. The lowest BCUT2D eigenvalue weighted by Gasteiger charge is -2.14. The Kier molecular flexibility index (Phi) is 29.1. The van der Waals surface area contributed by atoms with E-state index in [2.05, 4.69) is 44.2 Å². The molecule has 492 valence electrons. The fourth-order valence-corrected chi connectivity index (χ4v) is 9.63. The van der Waals surface area contributed by atoms with Gasteiger partial charge < -0.3 is 76.8 Å². The molecule has 7 aliphatic rings. The third-order valence-electron chi connectivity index (χ3n) is 14.5. The lowest BCUT2D eigenvalue weighted by molar-refractivity contribution is -0.0334. The number of ether oxygens (including phenoxy) is 12. The van der Waals surface area contributed by atoms with Gasteiger partial charge in [0.2, 0.25) is 0 Å². The minimum atomic E-state index is 0.0394. The van der Waals surface area contributed by atoms with E-state index >= 15 is 0 Å². The van der Waals surface area contributed by atoms with Gasteiger partial charge in [-0.3, -0.25) is 0 Å². The number of aromatic amines is 4. The van der Waals surface area contributed by atoms with Crippen molar-refractivity contribution in [3.05, 3.63) is 238 Å². The van der Waals surface area contributed by atoms with Crippen LogP contribution in [0.3, 0.4) is 0 Å². The molecule has 0 atom stereocenters. The maximum absolute atomic E-state index is 9.36.